The molecule has 31 heavy (non-hydrogen) atoms. The minimum absolute atomic E-state index is 0.0488. The van der Waals surface area contributed by atoms with E-state index < -0.39 is 0 Å². The van der Waals surface area contributed by atoms with Crippen molar-refractivity contribution in [2.45, 2.75) is 32.5 Å². The van der Waals surface area contributed by atoms with Gasteiger partial charge in [-0.15, -0.1) is 10.2 Å². The summed E-state index contributed by atoms with van der Waals surface area (Å²) in [6.07, 6.45) is 1.05. The van der Waals surface area contributed by atoms with E-state index in [0.29, 0.717) is 37.4 Å². The number of aromatic nitrogens is 3. The first-order chi connectivity index (χ1) is 15.1. The molecule has 0 aliphatic carbocycles. The standard InChI is InChI=1S/C23H26FN5O2/c1-31-19-7-8-20(24)18(14-19)16-28-10-9-21-26-27-22(29(21)12-11-28)15-25-23(30)13-17-5-3-2-4-6-17/h2-8,14H,9-13,15-16H2,1H3,(H,25,30). The van der Waals surface area contributed by atoms with E-state index in [1.807, 2.05) is 30.3 Å². The van der Waals surface area contributed by atoms with Crippen LogP contribution in [0.15, 0.2) is 48.5 Å². The van der Waals surface area contributed by atoms with Crippen LogP contribution in [0.4, 0.5) is 4.39 Å². The van der Waals surface area contributed by atoms with Gasteiger partial charge in [-0.3, -0.25) is 9.69 Å². The largest absolute Gasteiger partial charge is 0.497 e. The Bertz CT molecular complexity index is 1040. The molecule has 2 aromatic carbocycles. The van der Waals surface area contributed by atoms with Gasteiger partial charge >= 0.3 is 0 Å². The van der Waals surface area contributed by atoms with E-state index in [9.17, 15) is 9.18 Å². The van der Waals surface area contributed by atoms with Crippen molar-refractivity contribution in [3.8, 4) is 5.75 Å². The highest BCUT2D eigenvalue weighted by atomic mass is 19.1. The van der Waals surface area contributed by atoms with Crippen LogP contribution in [0.1, 0.15) is 22.8 Å². The number of ether oxygens (including phenoxy) is 1. The SMILES string of the molecule is COc1ccc(F)c(CN2CCc3nnc(CNC(=O)Cc4ccccc4)n3CC2)c1. The smallest absolute Gasteiger partial charge is 0.224 e. The Balaban J connectivity index is 1.35. The van der Waals surface area contributed by atoms with Crippen LogP contribution in [0.25, 0.3) is 0 Å². The normalized spacial score (nSPS) is 14.0. The number of methoxy groups -OCH3 is 1. The van der Waals surface area contributed by atoms with E-state index in [1.54, 1.807) is 19.2 Å². The molecule has 162 valence electrons. The molecule has 0 fully saturated rings. The first kappa shape index (κ1) is 21.0. The third kappa shape index (κ3) is 5.27. The number of carbonyl (C=O) groups is 1. The van der Waals surface area contributed by atoms with E-state index >= 15 is 0 Å². The second kappa shape index (κ2) is 9.70. The summed E-state index contributed by atoms with van der Waals surface area (Å²) in [6.45, 7) is 3.03. The van der Waals surface area contributed by atoms with Gasteiger partial charge in [-0.2, -0.15) is 0 Å². The molecule has 1 amide bonds. The van der Waals surface area contributed by atoms with Crippen LogP contribution in [-0.4, -0.2) is 45.8 Å². The lowest BCUT2D eigenvalue weighted by molar-refractivity contribution is -0.120. The molecule has 0 radical (unpaired) electrons. The average Bonchev–Trinajstić information content (AvgIpc) is 3.06. The van der Waals surface area contributed by atoms with E-state index in [4.69, 9.17) is 4.74 Å². The van der Waals surface area contributed by atoms with Crippen molar-refractivity contribution in [1.29, 1.82) is 0 Å². The Morgan fingerprint density at radius 2 is 1.97 bits per heavy atom. The van der Waals surface area contributed by atoms with Crippen molar-refractivity contribution < 1.29 is 13.9 Å². The second-order valence-corrected chi connectivity index (χ2v) is 7.61. The van der Waals surface area contributed by atoms with Gasteiger partial charge in [0, 0.05) is 38.2 Å². The van der Waals surface area contributed by atoms with Gasteiger partial charge in [0.15, 0.2) is 5.82 Å². The summed E-state index contributed by atoms with van der Waals surface area (Å²) in [5.74, 6) is 2.00. The highest BCUT2D eigenvalue weighted by molar-refractivity contribution is 5.78. The lowest BCUT2D eigenvalue weighted by atomic mass is 10.1. The predicted molar refractivity (Wildman–Crippen MR) is 114 cm³/mol. The number of amides is 1. The molecule has 2 heterocycles. The minimum atomic E-state index is -0.230. The van der Waals surface area contributed by atoms with Crippen molar-refractivity contribution in [1.82, 2.24) is 25.0 Å². The van der Waals surface area contributed by atoms with Gasteiger partial charge in [0.1, 0.15) is 17.4 Å². The maximum Gasteiger partial charge on any atom is 0.224 e. The third-order valence-corrected chi connectivity index (χ3v) is 5.49. The number of rotatable bonds is 7. The fraction of sp³-hybridized carbons (Fsp3) is 0.348. The Kier molecular flexibility index (Phi) is 6.57. The van der Waals surface area contributed by atoms with Crippen LogP contribution in [0.5, 0.6) is 5.75 Å². The zero-order chi connectivity index (χ0) is 21.6. The summed E-state index contributed by atoms with van der Waals surface area (Å²) in [7, 11) is 1.58. The quantitative estimate of drug-likeness (QED) is 0.632. The van der Waals surface area contributed by atoms with E-state index in [2.05, 4.69) is 25.0 Å². The number of carbonyl (C=O) groups excluding carboxylic acids is 1. The molecular formula is C23H26FN5O2. The van der Waals surface area contributed by atoms with Crippen LogP contribution in [-0.2, 0) is 37.3 Å². The number of fused-ring (bicyclic) bond motifs is 1. The molecule has 1 aliphatic rings. The zero-order valence-electron chi connectivity index (χ0n) is 17.6. The maximum atomic E-state index is 14.2. The van der Waals surface area contributed by atoms with Crippen LogP contribution in [0.3, 0.4) is 0 Å². The summed E-state index contributed by atoms with van der Waals surface area (Å²) in [5, 5.41) is 11.5. The molecule has 3 aromatic rings. The Labute approximate surface area is 180 Å². The van der Waals surface area contributed by atoms with Gasteiger partial charge < -0.3 is 14.6 Å². The van der Waals surface area contributed by atoms with Crippen molar-refractivity contribution in [2.24, 2.45) is 0 Å². The molecule has 0 saturated carbocycles. The van der Waals surface area contributed by atoms with Crippen molar-refractivity contribution >= 4 is 5.91 Å². The number of nitrogens with zero attached hydrogens (tertiary/aromatic N) is 4. The number of halogens is 1. The first-order valence-electron chi connectivity index (χ1n) is 10.4. The molecular weight excluding hydrogens is 397 g/mol. The molecule has 4 rings (SSSR count). The van der Waals surface area contributed by atoms with Gasteiger partial charge in [-0.25, -0.2) is 4.39 Å². The minimum Gasteiger partial charge on any atom is -0.497 e. The molecule has 7 nitrogen and oxygen atoms in total. The Morgan fingerprint density at radius 1 is 1.13 bits per heavy atom. The lowest BCUT2D eigenvalue weighted by Gasteiger charge is -2.20. The van der Waals surface area contributed by atoms with Crippen molar-refractivity contribution in [3.05, 3.63) is 77.1 Å². The zero-order valence-corrected chi connectivity index (χ0v) is 17.6. The molecule has 0 saturated heterocycles. The van der Waals surface area contributed by atoms with Gasteiger partial charge in [0.05, 0.1) is 20.1 Å². The van der Waals surface area contributed by atoms with Crippen LogP contribution in [0, 0.1) is 5.82 Å². The molecule has 8 heteroatoms. The van der Waals surface area contributed by atoms with Crippen LogP contribution in [0.2, 0.25) is 0 Å². The second-order valence-electron chi connectivity index (χ2n) is 7.61. The summed E-state index contributed by atoms with van der Waals surface area (Å²) < 4.78 is 21.5. The molecule has 0 bridgehead atoms. The Morgan fingerprint density at radius 3 is 2.77 bits per heavy atom. The molecule has 0 unspecified atom stereocenters. The molecule has 1 aliphatic heterocycles. The average molecular weight is 423 g/mol. The highest BCUT2D eigenvalue weighted by Gasteiger charge is 2.20. The van der Waals surface area contributed by atoms with Crippen molar-refractivity contribution in [2.75, 3.05) is 20.2 Å². The fourth-order valence-electron chi connectivity index (χ4n) is 3.78. The fourth-order valence-corrected chi connectivity index (χ4v) is 3.78. The summed E-state index contributed by atoms with van der Waals surface area (Å²) >= 11 is 0. The first-order valence-corrected chi connectivity index (χ1v) is 10.4. The number of hydrogen-bond acceptors (Lipinski definition) is 5. The van der Waals surface area contributed by atoms with E-state index in [0.717, 1.165) is 36.7 Å². The topological polar surface area (TPSA) is 72.3 Å². The summed E-state index contributed by atoms with van der Waals surface area (Å²) in [5.41, 5.74) is 1.59. The van der Waals surface area contributed by atoms with Crippen molar-refractivity contribution in [3.63, 3.8) is 0 Å². The molecule has 0 spiro atoms. The molecule has 0 atom stereocenters. The van der Waals surface area contributed by atoms with Crippen LogP contribution < -0.4 is 10.1 Å². The third-order valence-electron chi connectivity index (χ3n) is 5.49. The predicted octanol–water partition coefficient (Wildman–Crippen LogP) is 2.34. The maximum absolute atomic E-state index is 14.2. The van der Waals surface area contributed by atoms with Gasteiger partial charge in [-0.1, -0.05) is 30.3 Å². The molecule has 1 aromatic heterocycles. The summed E-state index contributed by atoms with van der Waals surface area (Å²) in [6, 6.07) is 14.4. The summed E-state index contributed by atoms with van der Waals surface area (Å²) in [4.78, 5) is 14.5. The van der Waals surface area contributed by atoms with Gasteiger partial charge in [-0.05, 0) is 23.8 Å². The van der Waals surface area contributed by atoms with Crippen LogP contribution >= 0.6 is 0 Å². The number of nitrogens with one attached hydrogen (secondary N) is 1. The molecule has 1 N–H and O–H groups in total. The number of benzene rings is 2. The van der Waals surface area contributed by atoms with E-state index in [-0.39, 0.29) is 11.7 Å². The highest BCUT2D eigenvalue weighted by Crippen LogP contribution is 2.19. The van der Waals surface area contributed by atoms with Gasteiger partial charge in [0.25, 0.3) is 0 Å². The number of hydrogen-bond donors (Lipinski definition) is 1. The lowest BCUT2D eigenvalue weighted by Crippen LogP contribution is -2.28. The Hall–Kier alpha value is -3.26. The monoisotopic (exact) mass is 423 g/mol. The van der Waals surface area contributed by atoms with E-state index in [1.165, 1.54) is 6.07 Å². The van der Waals surface area contributed by atoms with Gasteiger partial charge in [0.2, 0.25) is 5.91 Å².